The monoisotopic (exact) mass is 429 g/mol. The fraction of sp³-hybridized carbons (Fsp3) is 0.450. The first-order valence-electron chi connectivity index (χ1n) is 9.12. The van der Waals surface area contributed by atoms with Gasteiger partial charge in [-0.25, -0.2) is 9.59 Å². The average Bonchev–Trinajstić information content (AvgIpc) is 2.63. The van der Waals surface area contributed by atoms with Gasteiger partial charge in [0.25, 0.3) is 0 Å². The second-order valence-electron chi connectivity index (χ2n) is 6.78. The molecule has 0 bridgehead atoms. The quantitative estimate of drug-likeness (QED) is 0.438. The van der Waals surface area contributed by atoms with Gasteiger partial charge in [-0.3, -0.25) is 0 Å². The van der Waals surface area contributed by atoms with Gasteiger partial charge >= 0.3 is 18.1 Å². The second kappa shape index (κ2) is 13.2. The highest BCUT2D eigenvalue weighted by Gasteiger charge is 2.31. The van der Waals surface area contributed by atoms with E-state index in [4.69, 9.17) is 21.2 Å². The molecule has 0 saturated carbocycles. The molecule has 0 fully saturated rings. The van der Waals surface area contributed by atoms with Crippen molar-refractivity contribution in [3.05, 3.63) is 41.5 Å². The number of nitrogens with zero attached hydrogens (tertiary/aromatic N) is 1. The average molecular weight is 429 g/mol. The highest BCUT2D eigenvalue weighted by molar-refractivity contribution is 5.89. The number of carboxylic acids is 2. The Morgan fingerprint density at radius 3 is 2.20 bits per heavy atom. The van der Waals surface area contributed by atoms with Gasteiger partial charge in [-0.05, 0) is 49.9 Å². The smallest absolute Gasteiger partial charge is 0.416 e. The molecule has 0 amide bonds. The molecule has 1 atom stereocenters. The zero-order valence-electron chi connectivity index (χ0n) is 16.7. The molecule has 1 rings (SSSR count). The number of nitrogens with one attached hydrogen (secondary N) is 1. The van der Waals surface area contributed by atoms with Crippen LogP contribution < -0.4 is 11.1 Å². The van der Waals surface area contributed by atoms with E-state index in [-0.39, 0.29) is 17.3 Å². The molecule has 10 heteroatoms. The third-order valence-electron chi connectivity index (χ3n) is 3.71. The summed E-state index contributed by atoms with van der Waals surface area (Å²) in [4.78, 5) is 19.1. The summed E-state index contributed by atoms with van der Waals surface area (Å²) < 4.78 is 38.5. The van der Waals surface area contributed by atoms with E-state index in [0.29, 0.717) is 24.6 Å². The molecule has 0 radical (unpaired) electrons. The van der Waals surface area contributed by atoms with E-state index in [1.807, 2.05) is 6.07 Å². The van der Waals surface area contributed by atoms with Crippen LogP contribution in [0.4, 0.5) is 18.9 Å². The number of nitriles is 1. The Labute approximate surface area is 173 Å². The maximum absolute atomic E-state index is 12.8. The number of benzene rings is 1. The Balaban J connectivity index is 0.000000890. The first-order chi connectivity index (χ1) is 13.9. The van der Waals surface area contributed by atoms with E-state index in [0.717, 1.165) is 31.4 Å². The van der Waals surface area contributed by atoms with Crippen LogP contribution in [0.1, 0.15) is 44.2 Å². The molecule has 7 nitrogen and oxygen atoms in total. The Hall–Kier alpha value is -3.06. The topological polar surface area (TPSA) is 136 Å². The van der Waals surface area contributed by atoms with Crippen LogP contribution in [0, 0.1) is 17.2 Å². The minimum absolute atomic E-state index is 0.000802. The molecular weight excluding hydrogens is 403 g/mol. The van der Waals surface area contributed by atoms with Crippen LogP contribution in [0.2, 0.25) is 0 Å². The number of hydrogen-bond acceptors (Lipinski definition) is 5. The molecule has 166 valence electrons. The molecule has 0 aromatic heterocycles. The molecular formula is C20H26F3N3O4. The lowest BCUT2D eigenvalue weighted by Crippen LogP contribution is -2.23. The fourth-order valence-electron chi connectivity index (χ4n) is 2.48. The Kier molecular flexibility index (Phi) is 11.9. The van der Waals surface area contributed by atoms with E-state index in [1.54, 1.807) is 0 Å². The molecule has 30 heavy (non-hydrogen) atoms. The molecule has 0 heterocycles. The van der Waals surface area contributed by atoms with Crippen LogP contribution in [0.15, 0.2) is 30.4 Å². The summed E-state index contributed by atoms with van der Waals surface area (Å²) in [5.41, 5.74) is 5.21. The van der Waals surface area contributed by atoms with Crippen LogP contribution in [-0.4, -0.2) is 34.7 Å². The Morgan fingerprint density at radius 1 is 1.23 bits per heavy atom. The number of aliphatic carboxylic acids is 2. The van der Waals surface area contributed by atoms with Crippen LogP contribution >= 0.6 is 0 Å². The summed E-state index contributed by atoms with van der Waals surface area (Å²) in [6, 6.07) is 5.08. The number of carbonyl (C=O) groups is 2. The largest absolute Gasteiger partial charge is 0.478 e. The van der Waals surface area contributed by atoms with Crippen molar-refractivity contribution in [3.63, 3.8) is 0 Å². The van der Waals surface area contributed by atoms with Crippen molar-refractivity contribution in [2.45, 2.75) is 45.3 Å². The number of halogens is 3. The van der Waals surface area contributed by atoms with E-state index < -0.39 is 23.7 Å². The number of anilines is 1. The number of rotatable bonds is 9. The normalized spacial score (nSPS) is 12.1. The summed E-state index contributed by atoms with van der Waals surface area (Å²) in [6.07, 6.45) is -0.956. The van der Waals surface area contributed by atoms with Gasteiger partial charge in [0.15, 0.2) is 0 Å². The molecule has 0 aliphatic carbocycles. The van der Waals surface area contributed by atoms with Gasteiger partial charge in [0.2, 0.25) is 0 Å². The first-order valence-corrected chi connectivity index (χ1v) is 9.12. The summed E-state index contributed by atoms with van der Waals surface area (Å²) >= 11 is 0. The predicted octanol–water partition coefficient (Wildman–Crippen LogP) is 3.85. The van der Waals surface area contributed by atoms with Crippen molar-refractivity contribution < 1.29 is 33.0 Å². The minimum Gasteiger partial charge on any atom is -0.478 e. The fourth-order valence-corrected chi connectivity index (χ4v) is 2.48. The van der Waals surface area contributed by atoms with Gasteiger partial charge in [0, 0.05) is 18.2 Å². The third kappa shape index (κ3) is 11.7. The van der Waals surface area contributed by atoms with Crippen LogP contribution in [0.25, 0.3) is 0 Å². The zero-order valence-corrected chi connectivity index (χ0v) is 16.7. The Morgan fingerprint density at radius 2 is 1.80 bits per heavy atom. The molecule has 1 aromatic rings. The van der Waals surface area contributed by atoms with Crippen molar-refractivity contribution in [2.75, 3.05) is 11.9 Å². The van der Waals surface area contributed by atoms with Gasteiger partial charge in [0.1, 0.15) is 6.07 Å². The summed E-state index contributed by atoms with van der Waals surface area (Å²) in [7, 11) is 0. The van der Waals surface area contributed by atoms with Gasteiger partial charge in [-0.15, -0.1) is 0 Å². The van der Waals surface area contributed by atoms with Gasteiger partial charge in [0.05, 0.1) is 16.8 Å². The van der Waals surface area contributed by atoms with Gasteiger partial charge in [-0.1, -0.05) is 13.8 Å². The minimum atomic E-state index is -4.42. The standard InChI is InChI=1S/C16H22F3N3.C4H4O4/c1-11(2)8-14(4-3-7-20)22-15-9-13(16(17,18)19)6-5-12(15)10-21;5-3(6)1-2-4(7)8/h5-6,9,11,14,22H,3-4,7-8,20H2,1-2H3;1-2H,(H,5,6)(H,7,8)/b;2-1+. The van der Waals surface area contributed by atoms with Crippen LogP contribution in [0.5, 0.6) is 0 Å². The lowest BCUT2D eigenvalue weighted by molar-refractivity contribution is -0.137. The summed E-state index contributed by atoms with van der Waals surface area (Å²) in [5, 5.41) is 27.8. The lowest BCUT2D eigenvalue weighted by atomic mass is 9.98. The van der Waals surface area contributed by atoms with E-state index in [1.165, 1.54) is 6.07 Å². The van der Waals surface area contributed by atoms with Gasteiger partial charge in [-0.2, -0.15) is 18.4 Å². The first kappa shape index (κ1) is 26.9. The molecule has 0 aliphatic heterocycles. The summed E-state index contributed by atoms with van der Waals surface area (Å²) in [6.45, 7) is 4.63. The maximum atomic E-state index is 12.8. The summed E-state index contributed by atoms with van der Waals surface area (Å²) in [5.74, 6) is -2.12. The van der Waals surface area contributed by atoms with Crippen molar-refractivity contribution >= 4 is 17.6 Å². The van der Waals surface area contributed by atoms with Crippen molar-refractivity contribution in [3.8, 4) is 6.07 Å². The number of carboxylic acid groups (broad SMARTS) is 2. The second-order valence-corrected chi connectivity index (χ2v) is 6.78. The molecule has 5 N–H and O–H groups in total. The number of alkyl halides is 3. The van der Waals surface area contributed by atoms with E-state index >= 15 is 0 Å². The molecule has 1 unspecified atom stereocenters. The van der Waals surface area contributed by atoms with Crippen molar-refractivity contribution in [1.82, 2.24) is 0 Å². The molecule has 1 aromatic carbocycles. The van der Waals surface area contributed by atoms with Gasteiger partial charge < -0.3 is 21.3 Å². The Bertz CT molecular complexity index is 756. The van der Waals surface area contributed by atoms with Crippen LogP contribution in [-0.2, 0) is 15.8 Å². The SMILES string of the molecule is CC(C)CC(CCCN)Nc1cc(C(F)(F)F)ccc1C#N.O=C(O)/C=C/C(=O)O. The maximum Gasteiger partial charge on any atom is 0.416 e. The molecule has 0 saturated heterocycles. The van der Waals surface area contributed by atoms with Crippen molar-refractivity contribution in [1.29, 1.82) is 5.26 Å². The molecule has 0 aliphatic rings. The van der Waals surface area contributed by atoms with Crippen molar-refractivity contribution in [2.24, 2.45) is 11.7 Å². The number of nitrogens with two attached hydrogens (primary N) is 1. The zero-order chi connectivity index (χ0) is 23.3. The molecule has 0 spiro atoms. The number of hydrogen-bond donors (Lipinski definition) is 4. The highest BCUT2D eigenvalue weighted by Crippen LogP contribution is 2.32. The lowest BCUT2D eigenvalue weighted by Gasteiger charge is -2.23. The van der Waals surface area contributed by atoms with Crippen LogP contribution in [0.3, 0.4) is 0 Å². The highest BCUT2D eigenvalue weighted by atomic mass is 19.4. The van der Waals surface area contributed by atoms with E-state index in [9.17, 15) is 22.8 Å². The predicted molar refractivity (Wildman–Crippen MR) is 106 cm³/mol. The van der Waals surface area contributed by atoms with E-state index in [2.05, 4.69) is 19.2 Å². The third-order valence-corrected chi connectivity index (χ3v) is 3.71.